The van der Waals surface area contributed by atoms with Gasteiger partial charge in [0, 0.05) is 6.54 Å². The second kappa shape index (κ2) is 5.68. The van der Waals surface area contributed by atoms with Gasteiger partial charge in [-0.2, -0.15) is 0 Å². The Balaban J connectivity index is 1.80. The molecule has 0 fully saturated rings. The minimum atomic E-state index is 0.889. The van der Waals surface area contributed by atoms with E-state index >= 15 is 0 Å². The molecule has 0 aliphatic heterocycles. The fraction of sp³-hybridized carbons (Fsp3) is 0.333. The first-order chi connectivity index (χ1) is 9.76. The molecule has 3 rings (SSSR count). The third-order valence-corrected chi connectivity index (χ3v) is 3.92. The van der Waals surface area contributed by atoms with Crippen LogP contribution >= 0.6 is 0 Å². The Kier molecular flexibility index (Phi) is 3.75. The van der Waals surface area contributed by atoms with Crippen LogP contribution in [0.25, 0.3) is 0 Å². The average molecular weight is 267 g/mol. The summed E-state index contributed by atoms with van der Waals surface area (Å²) in [4.78, 5) is 0. The summed E-state index contributed by atoms with van der Waals surface area (Å²) < 4.78 is 6.05. The van der Waals surface area contributed by atoms with Gasteiger partial charge in [0.25, 0.3) is 0 Å². The molecule has 104 valence electrons. The number of aryl methyl sites for hydroxylation is 3. The highest BCUT2D eigenvalue weighted by Gasteiger charge is 2.12. The zero-order chi connectivity index (χ0) is 13.9. The SMILES string of the molecule is CNCc1ccc(Oc2ccc3c(c2)CCC3)c(C)c1. The van der Waals surface area contributed by atoms with Crippen LogP contribution in [0.15, 0.2) is 36.4 Å². The molecule has 1 aliphatic rings. The summed E-state index contributed by atoms with van der Waals surface area (Å²) in [5.74, 6) is 1.90. The van der Waals surface area contributed by atoms with Gasteiger partial charge in [-0.3, -0.25) is 0 Å². The minimum Gasteiger partial charge on any atom is -0.457 e. The van der Waals surface area contributed by atoms with Crippen molar-refractivity contribution in [3.05, 3.63) is 58.7 Å². The first kappa shape index (κ1) is 13.2. The van der Waals surface area contributed by atoms with E-state index in [2.05, 4.69) is 48.6 Å². The molecule has 0 saturated heterocycles. The maximum atomic E-state index is 6.05. The zero-order valence-corrected chi connectivity index (χ0v) is 12.2. The van der Waals surface area contributed by atoms with Crippen LogP contribution in [0.5, 0.6) is 11.5 Å². The van der Waals surface area contributed by atoms with E-state index in [1.807, 2.05) is 7.05 Å². The number of ether oxygens (including phenoxy) is 1. The van der Waals surface area contributed by atoms with Crippen molar-refractivity contribution in [3.63, 3.8) is 0 Å². The van der Waals surface area contributed by atoms with Gasteiger partial charge in [0.1, 0.15) is 11.5 Å². The van der Waals surface area contributed by atoms with Crippen LogP contribution in [0.4, 0.5) is 0 Å². The molecule has 0 amide bonds. The highest BCUT2D eigenvalue weighted by Crippen LogP contribution is 2.30. The molecule has 20 heavy (non-hydrogen) atoms. The normalized spacial score (nSPS) is 13.3. The molecular weight excluding hydrogens is 246 g/mol. The van der Waals surface area contributed by atoms with Gasteiger partial charge in [-0.1, -0.05) is 18.2 Å². The van der Waals surface area contributed by atoms with Crippen LogP contribution in [-0.4, -0.2) is 7.05 Å². The first-order valence-electron chi connectivity index (χ1n) is 7.30. The smallest absolute Gasteiger partial charge is 0.130 e. The molecular formula is C18H21NO. The summed E-state index contributed by atoms with van der Waals surface area (Å²) in [5, 5.41) is 3.17. The van der Waals surface area contributed by atoms with Crippen molar-refractivity contribution in [2.45, 2.75) is 32.7 Å². The van der Waals surface area contributed by atoms with Crippen LogP contribution in [0.2, 0.25) is 0 Å². The Bertz CT molecular complexity index is 619. The monoisotopic (exact) mass is 267 g/mol. The predicted molar refractivity (Wildman–Crippen MR) is 82.5 cm³/mol. The molecule has 0 saturated carbocycles. The molecule has 0 heterocycles. The highest BCUT2D eigenvalue weighted by molar-refractivity contribution is 5.43. The van der Waals surface area contributed by atoms with E-state index in [0.29, 0.717) is 0 Å². The average Bonchev–Trinajstić information content (AvgIpc) is 2.90. The van der Waals surface area contributed by atoms with Crippen LogP contribution in [-0.2, 0) is 19.4 Å². The van der Waals surface area contributed by atoms with E-state index in [0.717, 1.165) is 18.0 Å². The van der Waals surface area contributed by atoms with Gasteiger partial charge in [-0.05, 0) is 73.7 Å². The number of hydrogen-bond acceptors (Lipinski definition) is 2. The van der Waals surface area contributed by atoms with Crippen LogP contribution < -0.4 is 10.1 Å². The van der Waals surface area contributed by atoms with E-state index in [4.69, 9.17) is 4.74 Å². The van der Waals surface area contributed by atoms with Gasteiger partial charge in [0.2, 0.25) is 0 Å². The van der Waals surface area contributed by atoms with E-state index in [1.54, 1.807) is 0 Å². The Hall–Kier alpha value is -1.80. The first-order valence-corrected chi connectivity index (χ1v) is 7.30. The molecule has 0 radical (unpaired) electrons. The van der Waals surface area contributed by atoms with E-state index < -0.39 is 0 Å². The predicted octanol–water partition coefficient (Wildman–Crippen LogP) is 4.00. The molecule has 0 unspecified atom stereocenters. The van der Waals surface area contributed by atoms with Gasteiger partial charge in [-0.25, -0.2) is 0 Å². The molecule has 0 spiro atoms. The maximum absolute atomic E-state index is 6.05. The van der Waals surface area contributed by atoms with Crippen molar-refractivity contribution < 1.29 is 4.74 Å². The van der Waals surface area contributed by atoms with Crippen LogP contribution in [0.1, 0.15) is 28.7 Å². The number of hydrogen-bond donors (Lipinski definition) is 1. The molecule has 0 bridgehead atoms. The second-order valence-corrected chi connectivity index (χ2v) is 5.52. The van der Waals surface area contributed by atoms with E-state index in [9.17, 15) is 0 Å². The van der Waals surface area contributed by atoms with Crippen molar-refractivity contribution in [2.24, 2.45) is 0 Å². The Labute approximate surface area is 120 Å². The van der Waals surface area contributed by atoms with Crippen molar-refractivity contribution in [1.82, 2.24) is 5.32 Å². The largest absolute Gasteiger partial charge is 0.457 e. The molecule has 2 heteroatoms. The lowest BCUT2D eigenvalue weighted by Crippen LogP contribution is -2.05. The lowest BCUT2D eigenvalue weighted by molar-refractivity contribution is 0.478. The van der Waals surface area contributed by atoms with Gasteiger partial charge >= 0.3 is 0 Å². The molecule has 0 atom stereocenters. The third-order valence-electron chi connectivity index (χ3n) is 3.92. The summed E-state index contributed by atoms with van der Waals surface area (Å²) in [6.45, 7) is 2.99. The summed E-state index contributed by atoms with van der Waals surface area (Å²) >= 11 is 0. The van der Waals surface area contributed by atoms with Gasteiger partial charge in [-0.15, -0.1) is 0 Å². The van der Waals surface area contributed by atoms with E-state index in [1.165, 1.54) is 41.5 Å². The molecule has 2 aromatic carbocycles. The van der Waals surface area contributed by atoms with Crippen LogP contribution in [0, 0.1) is 6.92 Å². The quantitative estimate of drug-likeness (QED) is 0.904. The summed E-state index contributed by atoms with van der Waals surface area (Å²) in [5.41, 5.74) is 5.40. The van der Waals surface area contributed by atoms with Gasteiger partial charge in [0.05, 0.1) is 0 Å². The fourth-order valence-electron chi connectivity index (χ4n) is 2.88. The maximum Gasteiger partial charge on any atom is 0.130 e. The van der Waals surface area contributed by atoms with Crippen molar-refractivity contribution in [1.29, 1.82) is 0 Å². The van der Waals surface area contributed by atoms with Gasteiger partial charge < -0.3 is 10.1 Å². The standard InChI is InChI=1S/C18H21NO/c1-13-10-14(12-19-2)6-9-18(13)20-17-8-7-15-4-3-5-16(15)11-17/h6-11,19H,3-5,12H2,1-2H3. The lowest BCUT2D eigenvalue weighted by Gasteiger charge is -2.11. The molecule has 1 aliphatic carbocycles. The van der Waals surface area contributed by atoms with Crippen molar-refractivity contribution in [3.8, 4) is 11.5 Å². The highest BCUT2D eigenvalue weighted by atomic mass is 16.5. The molecule has 0 aromatic heterocycles. The summed E-state index contributed by atoms with van der Waals surface area (Å²) in [6.07, 6.45) is 3.68. The second-order valence-electron chi connectivity index (χ2n) is 5.52. The zero-order valence-electron chi connectivity index (χ0n) is 12.2. The minimum absolute atomic E-state index is 0.889. The van der Waals surface area contributed by atoms with Crippen molar-refractivity contribution >= 4 is 0 Å². The number of rotatable bonds is 4. The fourth-order valence-corrected chi connectivity index (χ4v) is 2.88. The lowest BCUT2D eigenvalue weighted by atomic mass is 10.1. The van der Waals surface area contributed by atoms with E-state index in [-0.39, 0.29) is 0 Å². The Morgan fingerprint density at radius 1 is 1.05 bits per heavy atom. The van der Waals surface area contributed by atoms with Crippen LogP contribution in [0.3, 0.4) is 0 Å². The molecule has 1 N–H and O–H groups in total. The summed E-state index contributed by atoms with van der Waals surface area (Å²) in [7, 11) is 1.96. The number of fused-ring (bicyclic) bond motifs is 1. The summed E-state index contributed by atoms with van der Waals surface area (Å²) in [6, 6.07) is 12.9. The Morgan fingerprint density at radius 3 is 2.70 bits per heavy atom. The third kappa shape index (κ3) is 2.70. The number of benzene rings is 2. The topological polar surface area (TPSA) is 21.3 Å². The molecule has 2 aromatic rings. The van der Waals surface area contributed by atoms with Gasteiger partial charge in [0.15, 0.2) is 0 Å². The van der Waals surface area contributed by atoms with Crippen molar-refractivity contribution in [2.75, 3.05) is 7.05 Å². The number of nitrogens with one attached hydrogen (secondary N) is 1. The molecule has 2 nitrogen and oxygen atoms in total. The Morgan fingerprint density at radius 2 is 1.90 bits per heavy atom.